The lowest BCUT2D eigenvalue weighted by Crippen LogP contribution is -2.06. The molecule has 7 nitrogen and oxygen atoms in total. The van der Waals surface area contributed by atoms with Gasteiger partial charge in [0.05, 0.1) is 4.88 Å². The van der Waals surface area contributed by atoms with E-state index in [0.717, 1.165) is 16.2 Å². The van der Waals surface area contributed by atoms with Gasteiger partial charge < -0.3 is 18.7 Å². The Labute approximate surface area is 147 Å². The SMILES string of the molecule is O=C(CCc1ccc2c(c1)OCO2)OCc1nc(-c2cccs2)no1. The van der Waals surface area contributed by atoms with E-state index >= 15 is 0 Å². The van der Waals surface area contributed by atoms with Crippen molar-refractivity contribution in [3.8, 4) is 22.2 Å². The van der Waals surface area contributed by atoms with E-state index in [4.69, 9.17) is 18.7 Å². The fourth-order valence-corrected chi connectivity index (χ4v) is 3.03. The maximum Gasteiger partial charge on any atom is 0.306 e. The van der Waals surface area contributed by atoms with Gasteiger partial charge in [0.15, 0.2) is 18.1 Å². The van der Waals surface area contributed by atoms with Crippen LogP contribution >= 0.6 is 11.3 Å². The van der Waals surface area contributed by atoms with Gasteiger partial charge in [0.25, 0.3) is 5.89 Å². The molecule has 25 heavy (non-hydrogen) atoms. The second kappa shape index (κ2) is 6.94. The largest absolute Gasteiger partial charge is 0.456 e. The van der Waals surface area contributed by atoms with Crippen molar-refractivity contribution in [1.29, 1.82) is 0 Å². The average Bonchev–Trinajstić information content (AvgIpc) is 3.38. The van der Waals surface area contributed by atoms with Crippen LogP contribution in [0.15, 0.2) is 40.2 Å². The first-order valence-electron chi connectivity index (χ1n) is 7.68. The van der Waals surface area contributed by atoms with E-state index in [1.165, 1.54) is 11.3 Å². The summed E-state index contributed by atoms with van der Waals surface area (Å²) < 4.78 is 20.9. The number of aryl methyl sites for hydroxylation is 1. The Kier molecular flexibility index (Phi) is 4.34. The van der Waals surface area contributed by atoms with Gasteiger partial charge in [-0.05, 0) is 35.6 Å². The highest BCUT2D eigenvalue weighted by Gasteiger charge is 2.15. The van der Waals surface area contributed by atoms with Gasteiger partial charge in [0.2, 0.25) is 12.6 Å². The van der Waals surface area contributed by atoms with E-state index < -0.39 is 0 Å². The molecule has 1 aliphatic rings. The second-order valence-corrected chi connectivity index (χ2v) is 6.29. The van der Waals surface area contributed by atoms with Gasteiger partial charge in [-0.3, -0.25) is 4.79 Å². The molecule has 8 heteroatoms. The predicted molar refractivity (Wildman–Crippen MR) is 88.3 cm³/mol. The number of carbonyl (C=O) groups excluding carboxylic acids is 1. The normalized spacial score (nSPS) is 12.3. The molecule has 1 aromatic carbocycles. The van der Waals surface area contributed by atoms with Crippen molar-refractivity contribution < 1.29 is 23.5 Å². The lowest BCUT2D eigenvalue weighted by atomic mass is 10.1. The van der Waals surface area contributed by atoms with Crippen LogP contribution in [0.3, 0.4) is 0 Å². The topological polar surface area (TPSA) is 83.7 Å². The zero-order valence-electron chi connectivity index (χ0n) is 13.1. The van der Waals surface area contributed by atoms with E-state index in [1.54, 1.807) is 0 Å². The highest BCUT2D eigenvalue weighted by molar-refractivity contribution is 7.13. The molecule has 0 unspecified atom stereocenters. The van der Waals surface area contributed by atoms with Crippen LogP contribution < -0.4 is 9.47 Å². The quantitative estimate of drug-likeness (QED) is 0.626. The first-order valence-corrected chi connectivity index (χ1v) is 8.56. The minimum absolute atomic E-state index is 0.0294. The number of ether oxygens (including phenoxy) is 3. The number of thiophene rings is 1. The molecule has 0 aliphatic carbocycles. The van der Waals surface area contributed by atoms with Crippen LogP contribution in [0.5, 0.6) is 11.5 Å². The van der Waals surface area contributed by atoms with Crippen LogP contribution in [0.2, 0.25) is 0 Å². The number of hydrogen-bond acceptors (Lipinski definition) is 8. The van der Waals surface area contributed by atoms with E-state index in [0.29, 0.717) is 18.0 Å². The number of rotatable bonds is 6. The third-order valence-corrected chi connectivity index (χ3v) is 4.49. The standard InChI is InChI=1S/C17H14N2O5S/c20-16(6-4-11-3-5-12-13(8-11)23-10-22-12)21-9-15-18-17(19-24-15)14-2-1-7-25-14/h1-3,5,7-8H,4,6,9-10H2. The zero-order chi connectivity index (χ0) is 17.1. The number of benzene rings is 1. The maximum absolute atomic E-state index is 11.9. The van der Waals surface area contributed by atoms with Gasteiger partial charge in [-0.25, -0.2) is 0 Å². The molecule has 0 spiro atoms. The van der Waals surface area contributed by atoms with Crippen molar-refractivity contribution in [2.24, 2.45) is 0 Å². The highest BCUT2D eigenvalue weighted by atomic mass is 32.1. The Morgan fingerprint density at radius 1 is 1.24 bits per heavy atom. The Bertz CT molecular complexity index is 875. The van der Waals surface area contributed by atoms with Crippen molar-refractivity contribution in [3.63, 3.8) is 0 Å². The highest BCUT2D eigenvalue weighted by Crippen LogP contribution is 2.32. The van der Waals surface area contributed by atoms with Gasteiger partial charge in [-0.2, -0.15) is 4.98 Å². The lowest BCUT2D eigenvalue weighted by Gasteiger charge is -2.03. The summed E-state index contributed by atoms with van der Waals surface area (Å²) in [6.07, 6.45) is 0.811. The molecular formula is C17H14N2O5S. The number of esters is 1. The molecule has 4 rings (SSSR count). The summed E-state index contributed by atoms with van der Waals surface area (Å²) in [7, 11) is 0. The minimum Gasteiger partial charge on any atom is -0.456 e. The summed E-state index contributed by atoms with van der Waals surface area (Å²) in [6, 6.07) is 9.43. The maximum atomic E-state index is 11.9. The molecular weight excluding hydrogens is 344 g/mol. The molecule has 0 fully saturated rings. The predicted octanol–water partition coefficient (Wildman–Crippen LogP) is 3.20. The van der Waals surface area contributed by atoms with Crippen LogP contribution in [0, 0.1) is 0 Å². The Balaban J connectivity index is 1.27. The van der Waals surface area contributed by atoms with Crippen molar-refractivity contribution >= 4 is 17.3 Å². The molecule has 1 aliphatic heterocycles. The molecule has 2 aromatic heterocycles. The van der Waals surface area contributed by atoms with Gasteiger partial charge in [0, 0.05) is 6.42 Å². The Morgan fingerprint density at radius 3 is 3.04 bits per heavy atom. The summed E-state index contributed by atoms with van der Waals surface area (Å²) in [5.41, 5.74) is 0.985. The molecule has 0 N–H and O–H groups in total. The molecule has 128 valence electrons. The molecule has 0 bridgehead atoms. The minimum atomic E-state index is -0.325. The second-order valence-electron chi connectivity index (χ2n) is 5.34. The number of nitrogens with zero attached hydrogens (tertiary/aromatic N) is 2. The number of hydrogen-bond donors (Lipinski definition) is 0. The summed E-state index contributed by atoms with van der Waals surface area (Å²) in [5.74, 6) is 1.89. The lowest BCUT2D eigenvalue weighted by molar-refractivity contribution is -0.145. The van der Waals surface area contributed by atoms with Gasteiger partial charge >= 0.3 is 5.97 Å². The van der Waals surface area contributed by atoms with Crippen LogP contribution in [0.4, 0.5) is 0 Å². The molecule has 0 atom stereocenters. The van der Waals surface area contributed by atoms with Crippen molar-refractivity contribution in [1.82, 2.24) is 10.1 Å². The number of carbonyl (C=O) groups is 1. The number of aromatic nitrogens is 2. The average molecular weight is 358 g/mol. The Morgan fingerprint density at radius 2 is 2.16 bits per heavy atom. The first kappa shape index (κ1) is 15.6. The monoisotopic (exact) mass is 358 g/mol. The molecule has 0 radical (unpaired) electrons. The third kappa shape index (κ3) is 3.63. The van der Waals surface area contributed by atoms with E-state index in [9.17, 15) is 4.79 Å². The summed E-state index contributed by atoms with van der Waals surface area (Å²) in [5, 5.41) is 5.80. The molecule has 3 aromatic rings. The van der Waals surface area contributed by atoms with Crippen molar-refractivity contribution in [2.75, 3.05) is 6.79 Å². The molecule has 0 saturated heterocycles. The molecule has 0 saturated carbocycles. The zero-order valence-corrected chi connectivity index (χ0v) is 14.0. The summed E-state index contributed by atoms with van der Waals surface area (Å²) in [4.78, 5) is 17.0. The molecule has 0 amide bonds. The Hall–Kier alpha value is -2.87. The first-order chi connectivity index (χ1) is 12.3. The van der Waals surface area contributed by atoms with Gasteiger partial charge in [0.1, 0.15) is 0 Å². The van der Waals surface area contributed by atoms with Crippen LogP contribution in [0.25, 0.3) is 10.7 Å². The van der Waals surface area contributed by atoms with E-state index in [1.807, 2.05) is 35.7 Å². The van der Waals surface area contributed by atoms with Crippen molar-refractivity contribution in [3.05, 3.63) is 47.2 Å². The van der Waals surface area contributed by atoms with Crippen LogP contribution in [-0.4, -0.2) is 22.9 Å². The third-order valence-electron chi connectivity index (χ3n) is 3.62. The summed E-state index contributed by atoms with van der Waals surface area (Å²) in [6.45, 7) is 0.205. The van der Waals surface area contributed by atoms with Crippen LogP contribution in [0.1, 0.15) is 17.9 Å². The van der Waals surface area contributed by atoms with Gasteiger partial charge in [-0.15, -0.1) is 11.3 Å². The summed E-state index contributed by atoms with van der Waals surface area (Å²) >= 11 is 1.52. The van der Waals surface area contributed by atoms with E-state index in [-0.39, 0.29) is 31.7 Å². The number of fused-ring (bicyclic) bond motifs is 1. The molecule has 3 heterocycles. The van der Waals surface area contributed by atoms with Crippen molar-refractivity contribution in [2.45, 2.75) is 19.4 Å². The van der Waals surface area contributed by atoms with Crippen LogP contribution in [-0.2, 0) is 22.6 Å². The van der Waals surface area contributed by atoms with E-state index in [2.05, 4.69) is 10.1 Å². The fourth-order valence-electron chi connectivity index (χ4n) is 2.38. The smallest absolute Gasteiger partial charge is 0.306 e. The van der Waals surface area contributed by atoms with Gasteiger partial charge in [-0.1, -0.05) is 17.3 Å². The fraction of sp³-hybridized carbons (Fsp3) is 0.235.